The van der Waals surface area contributed by atoms with E-state index in [2.05, 4.69) is 5.32 Å². The minimum absolute atomic E-state index is 0.0910. The molecule has 7 N–H and O–H groups in total. The fourth-order valence-electron chi connectivity index (χ4n) is 7.34. The van der Waals surface area contributed by atoms with Crippen molar-refractivity contribution >= 4 is 17.7 Å². The number of para-hydroxylation sites is 1. The van der Waals surface area contributed by atoms with Gasteiger partial charge >= 0.3 is 12.0 Å². The minimum Gasteiger partial charge on any atom is -0.459 e. The van der Waals surface area contributed by atoms with Crippen LogP contribution in [0.25, 0.3) is 0 Å². The Morgan fingerprint density at radius 2 is 1.58 bits per heavy atom. The second-order valence-electron chi connectivity index (χ2n) is 14.6. The summed E-state index contributed by atoms with van der Waals surface area (Å²) in [6, 6.07) is 7.67. The fourth-order valence-corrected chi connectivity index (χ4v) is 7.34. The molecule has 0 spiro atoms. The lowest BCUT2D eigenvalue weighted by Crippen LogP contribution is -2.61. The van der Waals surface area contributed by atoms with Crippen molar-refractivity contribution < 1.29 is 54.4 Å². The molecule has 3 rings (SSSR count). The Labute approximate surface area is 284 Å². The summed E-state index contributed by atoms with van der Waals surface area (Å²) in [7, 11) is 1.55. The van der Waals surface area contributed by atoms with E-state index in [1.807, 2.05) is 6.07 Å². The zero-order valence-corrected chi connectivity index (χ0v) is 29.7. The molecule has 0 aliphatic carbocycles. The number of anilines is 1. The number of cyclic esters (lactones) is 1. The van der Waals surface area contributed by atoms with Gasteiger partial charge in [-0.15, -0.1) is 0 Å². The van der Waals surface area contributed by atoms with Crippen molar-refractivity contribution in [2.45, 2.75) is 141 Å². The lowest BCUT2D eigenvalue weighted by atomic mass is 9.73. The molecule has 1 aromatic carbocycles. The lowest BCUT2D eigenvalue weighted by molar-refractivity contribution is -0.299. The molecular formula is C35H58N2O11. The van der Waals surface area contributed by atoms with Gasteiger partial charge in [-0.1, -0.05) is 45.9 Å². The molecule has 1 aromatic rings. The van der Waals surface area contributed by atoms with Crippen LogP contribution in [0.15, 0.2) is 30.3 Å². The molecule has 2 aliphatic rings. The van der Waals surface area contributed by atoms with E-state index >= 15 is 0 Å². The van der Waals surface area contributed by atoms with E-state index in [9.17, 15) is 40.2 Å². The summed E-state index contributed by atoms with van der Waals surface area (Å²) < 4.78 is 18.0. The largest absolute Gasteiger partial charge is 0.459 e. The van der Waals surface area contributed by atoms with Gasteiger partial charge in [0.2, 0.25) is 0 Å². The molecule has 2 amide bonds. The van der Waals surface area contributed by atoms with Crippen molar-refractivity contribution in [3.8, 4) is 0 Å². The van der Waals surface area contributed by atoms with Crippen molar-refractivity contribution in [1.29, 1.82) is 0 Å². The van der Waals surface area contributed by atoms with Crippen LogP contribution in [0.2, 0.25) is 0 Å². The number of carbonyl (C=O) groups excluding carboxylic acids is 2. The van der Waals surface area contributed by atoms with Gasteiger partial charge in [0, 0.05) is 24.6 Å². The first kappa shape index (κ1) is 40.1. The van der Waals surface area contributed by atoms with Gasteiger partial charge in [0.15, 0.2) is 6.29 Å². The van der Waals surface area contributed by atoms with Crippen LogP contribution >= 0.6 is 0 Å². The topological polar surface area (TPSA) is 198 Å². The van der Waals surface area contributed by atoms with E-state index in [-0.39, 0.29) is 19.3 Å². The molecule has 0 bridgehead atoms. The molecule has 0 saturated carbocycles. The SMILES string of the molecule is CC[C@H]1OC(=O)[C@H](C)[C@@H](O)[C@H](C)[C@@H](O[C@@H]2O[C@H](C)CC(N(C)C(=O)Nc3ccccc3)[C@H]2O)C(C)(O)C[C@@H](C)[C@H](O)[C@H](C)[C@@H](O)[C@]1(C)O. The highest BCUT2D eigenvalue weighted by molar-refractivity contribution is 5.89. The third-order valence-corrected chi connectivity index (χ3v) is 10.5. The predicted octanol–water partition coefficient (Wildman–Crippen LogP) is 2.25. The molecule has 48 heavy (non-hydrogen) atoms. The van der Waals surface area contributed by atoms with Gasteiger partial charge in [0.1, 0.15) is 17.8 Å². The smallest absolute Gasteiger partial charge is 0.321 e. The summed E-state index contributed by atoms with van der Waals surface area (Å²) in [4.78, 5) is 27.8. The Morgan fingerprint density at radius 1 is 0.979 bits per heavy atom. The highest BCUT2D eigenvalue weighted by Crippen LogP contribution is 2.38. The summed E-state index contributed by atoms with van der Waals surface area (Å²) in [5.74, 6) is -4.49. The molecule has 0 radical (unpaired) electrons. The lowest BCUT2D eigenvalue weighted by Gasteiger charge is -2.47. The monoisotopic (exact) mass is 682 g/mol. The first-order valence-corrected chi connectivity index (χ1v) is 17.0. The van der Waals surface area contributed by atoms with Crippen molar-refractivity contribution in [1.82, 2.24) is 4.90 Å². The van der Waals surface area contributed by atoms with Gasteiger partial charge < -0.3 is 55.1 Å². The number of rotatable bonds is 5. The number of urea groups is 1. The van der Waals surface area contributed by atoms with E-state index in [0.717, 1.165) is 0 Å². The Balaban J connectivity index is 1.96. The molecular weight excluding hydrogens is 624 g/mol. The van der Waals surface area contributed by atoms with Gasteiger partial charge in [0.05, 0.1) is 48.1 Å². The highest BCUT2D eigenvalue weighted by Gasteiger charge is 2.51. The van der Waals surface area contributed by atoms with E-state index in [0.29, 0.717) is 5.69 Å². The zero-order chi connectivity index (χ0) is 36.3. The number of nitrogens with zero attached hydrogens (tertiary/aromatic N) is 1. The number of nitrogens with one attached hydrogen (secondary N) is 1. The number of hydrogen-bond donors (Lipinski definition) is 7. The number of benzene rings is 1. The molecule has 2 saturated heterocycles. The molecule has 13 nitrogen and oxygen atoms in total. The minimum atomic E-state index is -1.92. The van der Waals surface area contributed by atoms with Crippen LogP contribution in [0.3, 0.4) is 0 Å². The predicted molar refractivity (Wildman–Crippen MR) is 178 cm³/mol. The normalized spacial score (nSPS) is 43.5. The van der Waals surface area contributed by atoms with E-state index in [1.54, 1.807) is 65.9 Å². The van der Waals surface area contributed by atoms with Crippen molar-refractivity contribution in [3.05, 3.63) is 30.3 Å². The van der Waals surface area contributed by atoms with Crippen LogP contribution in [0.1, 0.15) is 74.7 Å². The van der Waals surface area contributed by atoms with Crippen molar-refractivity contribution in [2.75, 3.05) is 12.4 Å². The van der Waals surface area contributed by atoms with Gasteiger partial charge in [0.25, 0.3) is 0 Å². The number of likely N-dealkylation sites (N-methyl/N-ethyl adjacent to an activating group) is 1. The summed E-state index contributed by atoms with van der Waals surface area (Å²) in [5, 5.41) is 71.7. The average Bonchev–Trinajstić information content (AvgIpc) is 3.04. The number of amides is 2. The van der Waals surface area contributed by atoms with E-state index in [1.165, 1.54) is 25.7 Å². The van der Waals surface area contributed by atoms with Crippen LogP contribution < -0.4 is 5.32 Å². The third kappa shape index (κ3) is 8.86. The second-order valence-corrected chi connectivity index (χ2v) is 14.6. The maximum Gasteiger partial charge on any atom is 0.321 e. The molecule has 274 valence electrons. The summed E-state index contributed by atoms with van der Waals surface area (Å²) in [6.07, 6.45) is -9.41. The molecule has 2 unspecified atom stereocenters. The molecule has 2 heterocycles. The van der Waals surface area contributed by atoms with Gasteiger partial charge in [-0.3, -0.25) is 4.79 Å². The Morgan fingerprint density at radius 3 is 2.17 bits per heavy atom. The van der Waals surface area contributed by atoms with Gasteiger partial charge in [-0.2, -0.15) is 0 Å². The number of hydrogen-bond acceptors (Lipinski definition) is 11. The van der Waals surface area contributed by atoms with Gasteiger partial charge in [-0.25, -0.2) is 4.79 Å². The number of aliphatic hydroxyl groups is 6. The van der Waals surface area contributed by atoms with E-state index in [4.69, 9.17) is 14.2 Å². The third-order valence-electron chi connectivity index (χ3n) is 10.5. The summed E-state index contributed by atoms with van der Waals surface area (Å²) in [5.41, 5.74) is -3.13. The standard InChI is InChI=1S/C35H58N2O11/c1-10-25-35(8,45)29(41)20(4)26(38)18(2)17-34(7,44)30(21(5)27(39)22(6)31(42)47-25)48-32-28(40)24(16-19(3)46-32)37(9)33(43)36-23-14-12-11-13-15-23/h11-15,18-22,24-30,32,38-41,44-45H,10,16-17H2,1-9H3,(H,36,43)/t18-,19-,20+,21+,22-,24?,25-,26+,27+,28-,29-,30-,32+,34?,35-/m1/s1. The first-order chi connectivity index (χ1) is 22.2. The fraction of sp³-hybridized carbons (Fsp3) is 0.771. The maximum absolute atomic E-state index is 13.3. The molecule has 0 aromatic heterocycles. The highest BCUT2D eigenvalue weighted by atomic mass is 16.7. The molecule has 2 fully saturated rings. The molecule has 13 heteroatoms. The van der Waals surface area contributed by atoms with Crippen LogP contribution in [-0.4, -0.2) is 121 Å². The quantitative estimate of drug-likeness (QED) is 0.225. The van der Waals surface area contributed by atoms with Crippen molar-refractivity contribution in [2.24, 2.45) is 23.7 Å². The van der Waals surface area contributed by atoms with Crippen LogP contribution in [0, 0.1) is 23.7 Å². The maximum atomic E-state index is 13.3. The molecule has 2 aliphatic heterocycles. The number of carbonyl (C=O) groups is 2. The van der Waals surface area contributed by atoms with Crippen LogP contribution in [0.4, 0.5) is 10.5 Å². The average molecular weight is 683 g/mol. The summed E-state index contributed by atoms with van der Waals surface area (Å²) >= 11 is 0. The number of ether oxygens (including phenoxy) is 3. The van der Waals surface area contributed by atoms with Crippen LogP contribution in [0.5, 0.6) is 0 Å². The van der Waals surface area contributed by atoms with E-state index < -0.39 is 102 Å². The number of esters is 1. The Bertz CT molecular complexity index is 1200. The second kappa shape index (κ2) is 16.1. The number of aliphatic hydroxyl groups excluding tert-OH is 4. The Hall–Kier alpha value is -2.36. The van der Waals surface area contributed by atoms with Crippen molar-refractivity contribution in [3.63, 3.8) is 0 Å². The Kier molecular flexibility index (Phi) is 13.5. The zero-order valence-electron chi connectivity index (χ0n) is 29.7. The van der Waals surface area contributed by atoms with Gasteiger partial charge in [-0.05, 0) is 65.0 Å². The summed E-state index contributed by atoms with van der Waals surface area (Å²) in [6.45, 7) is 12.6. The molecule has 15 atom stereocenters. The van der Waals surface area contributed by atoms with Crippen LogP contribution in [-0.2, 0) is 19.0 Å². The first-order valence-electron chi connectivity index (χ1n) is 17.0.